The first-order chi connectivity index (χ1) is 7.54. The Morgan fingerprint density at radius 3 is 2.44 bits per heavy atom. The molecule has 0 fully saturated rings. The lowest BCUT2D eigenvalue weighted by Gasteiger charge is -2.19. The Kier molecular flexibility index (Phi) is 7.54. The summed E-state index contributed by atoms with van der Waals surface area (Å²) in [5.41, 5.74) is 5.53. The first-order valence-electron chi connectivity index (χ1n) is 5.75. The predicted molar refractivity (Wildman–Crippen MR) is 63.8 cm³/mol. The molecule has 0 aliphatic heterocycles. The van der Waals surface area contributed by atoms with Crippen molar-refractivity contribution in [3.05, 3.63) is 0 Å². The molecule has 0 bridgehead atoms. The van der Waals surface area contributed by atoms with Gasteiger partial charge in [0.1, 0.15) is 0 Å². The average molecular weight is 229 g/mol. The molecule has 0 heterocycles. The quantitative estimate of drug-likeness (QED) is 0.643. The summed E-state index contributed by atoms with van der Waals surface area (Å²) in [5.74, 6) is 0.0619. The molecule has 0 saturated heterocycles. The van der Waals surface area contributed by atoms with Gasteiger partial charge in [-0.15, -0.1) is 0 Å². The van der Waals surface area contributed by atoms with E-state index in [1.165, 1.54) is 4.90 Å². The summed E-state index contributed by atoms with van der Waals surface area (Å²) in [6.07, 6.45) is 1.31. The van der Waals surface area contributed by atoms with E-state index in [9.17, 15) is 9.59 Å². The number of hydrogen-bond acceptors (Lipinski definition) is 3. The number of hydrogen-bond donors (Lipinski definition) is 2. The van der Waals surface area contributed by atoms with Gasteiger partial charge in [0.15, 0.2) is 0 Å². The molecule has 0 aromatic carbocycles. The Morgan fingerprint density at radius 2 is 2.00 bits per heavy atom. The van der Waals surface area contributed by atoms with Crippen molar-refractivity contribution in [3.63, 3.8) is 0 Å². The lowest BCUT2D eigenvalue weighted by molar-refractivity contribution is -0.135. The van der Waals surface area contributed by atoms with Gasteiger partial charge in [-0.1, -0.05) is 13.3 Å². The fourth-order valence-corrected chi connectivity index (χ4v) is 1.35. The zero-order chi connectivity index (χ0) is 12.6. The van der Waals surface area contributed by atoms with E-state index in [0.29, 0.717) is 19.5 Å². The molecule has 5 heteroatoms. The van der Waals surface area contributed by atoms with Gasteiger partial charge < -0.3 is 16.0 Å². The summed E-state index contributed by atoms with van der Waals surface area (Å²) < 4.78 is 0. The highest BCUT2D eigenvalue weighted by atomic mass is 16.2. The summed E-state index contributed by atoms with van der Waals surface area (Å²) in [5, 5.41) is 2.66. The molecule has 0 saturated carbocycles. The Hall–Kier alpha value is -1.10. The van der Waals surface area contributed by atoms with Crippen molar-refractivity contribution in [2.75, 3.05) is 26.7 Å². The summed E-state index contributed by atoms with van der Waals surface area (Å²) in [6, 6.07) is 0. The molecule has 1 unspecified atom stereocenters. The van der Waals surface area contributed by atoms with Crippen molar-refractivity contribution < 1.29 is 9.59 Å². The van der Waals surface area contributed by atoms with Crippen LogP contribution >= 0.6 is 0 Å². The van der Waals surface area contributed by atoms with Crippen LogP contribution in [0.15, 0.2) is 0 Å². The Morgan fingerprint density at radius 1 is 1.38 bits per heavy atom. The van der Waals surface area contributed by atoms with Crippen molar-refractivity contribution in [1.82, 2.24) is 10.2 Å². The van der Waals surface area contributed by atoms with Gasteiger partial charge in [0.25, 0.3) is 0 Å². The van der Waals surface area contributed by atoms with Gasteiger partial charge in [-0.05, 0) is 19.4 Å². The van der Waals surface area contributed by atoms with Crippen molar-refractivity contribution in [2.45, 2.75) is 26.7 Å². The second-order valence-corrected chi connectivity index (χ2v) is 3.92. The molecule has 3 N–H and O–H groups in total. The number of likely N-dealkylation sites (N-methyl/N-ethyl adjacent to an activating group) is 2. The standard InChI is InChI=1S/C11H23N3O2/c1-4-9(7-12)6-11(16)14(3)8-10(15)13-5-2/h9H,4-8,12H2,1-3H3,(H,13,15). The highest BCUT2D eigenvalue weighted by Crippen LogP contribution is 2.07. The maximum Gasteiger partial charge on any atom is 0.239 e. The van der Waals surface area contributed by atoms with Gasteiger partial charge in [-0.25, -0.2) is 0 Å². The van der Waals surface area contributed by atoms with Crippen LogP contribution in [0.5, 0.6) is 0 Å². The molecule has 16 heavy (non-hydrogen) atoms. The van der Waals surface area contributed by atoms with Crippen LogP contribution in [-0.2, 0) is 9.59 Å². The molecule has 1 atom stereocenters. The van der Waals surface area contributed by atoms with Crippen molar-refractivity contribution in [2.24, 2.45) is 11.7 Å². The molecule has 0 aliphatic rings. The number of nitrogens with one attached hydrogen (secondary N) is 1. The monoisotopic (exact) mass is 229 g/mol. The van der Waals surface area contributed by atoms with E-state index in [2.05, 4.69) is 5.32 Å². The number of carbonyl (C=O) groups is 2. The molecule has 0 aromatic heterocycles. The maximum absolute atomic E-state index is 11.7. The smallest absolute Gasteiger partial charge is 0.239 e. The predicted octanol–water partition coefficient (Wildman–Crippen LogP) is -0.0441. The molecule has 0 aliphatic carbocycles. The molecule has 5 nitrogen and oxygen atoms in total. The highest BCUT2D eigenvalue weighted by molar-refractivity contribution is 5.84. The van der Waals surface area contributed by atoms with Gasteiger partial charge in [0.05, 0.1) is 6.54 Å². The van der Waals surface area contributed by atoms with E-state index in [1.807, 2.05) is 13.8 Å². The molecular formula is C11H23N3O2. The van der Waals surface area contributed by atoms with Gasteiger partial charge >= 0.3 is 0 Å². The van der Waals surface area contributed by atoms with Crippen LogP contribution < -0.4 is 11.1 Å². The highest BCUT2D eigenvalue weighted by Gasteiger charge is 2.16. The largest absolute Gasteiger partial charge is 0.355 e. The van der Waals surface area contributed by atoms with E-state index in [1.54, 1.807) is 7.05 Å². The molecular weight excluding hydrogens is 206 g/mol. The van der Waals surface area contributed by atoms with Gasteiger partial charge in [0, 0.05) is 20.0 Å². The zero-order valence-electron chi connectivity index (χ0n) is 10.5. The molecule has 0 radical (unpaired) electrons. The number of amides is 2. The Balaban J connectivity index is 4.02. The SMILES string of the molecule is CCNC(=O)CN(C)C(=O)CC(CC)CN. The van der Waals surface area contributed by atoms with Crippen LogP contribution in [0.2, 0.25) is 0 Å². The second kappa shape index (κ2) is 8.10. The van der Waals surface area contributed by atoms with Gasteiger partial charge in [-0.2, -0.15) is 0 Å². The third kappa shape index (κ3) is 5.70. The fraction of sp³-hybridized carbons (Fsp3) is 0.818. The molecule has 0 aromatic rings. The van der Waals surface area contributed by atoms with Gasteiger partial charge in [-0.3, -0.25) is 9.59 Å². The second-order valence-electron chi connectivity index (χ2n) is 3.92. The average Bonchev–Trinajstić information content (AvgIpc) is 2.25. The third-order valence-electron chi connectivity index (χ3n) is 2.55. The van der Waals surface area contributed by atoms with Crippen LogP contribution in [0.3, 0.4) is 0 Å². The van der Waals surface area contributed by atoms with Gasteiger partial charge in [0.2, 0.25) is 11.8 Å². The lowest BCUT2D eigenvalue weighted by atomic mass is 10.0. The normalized spacial score (nSPS) is 12.0. The Labute approximate surface area is 97.4 Å². The zero-order valence-corrected chi connectivity index (χ0v) is 10.5. The van der Waals surface area contributed by atoms with E-state index < -0.39 is 0 Å². The fourth-order valence-electron chi connectivity index (χ4n) is 1.35. The number of carbonyl (C=O) groups excluding carboxylic acids is 2. The first-order valence-corrected chi connectivity index (χ1v) is 5.75. The molecule has 0 spiro atoms. The first kappa shape index (κ1) is 14.9. The van der Waals surface area contributed by atoms with Crippen molar-refractivity contribution in [3.8, 4) is 0 Å². The number of rotatable bonds is 7. The van der Waals surface area contributed by atoms with E-state index in [-0.39, 0.29) is 24.3 Å². The summed E-state index contributed by atoms with van der Waals surface area (Å²) in [7, 11) is 1.64. The number of nitrogens with two attached hydrogens (primary N) is 1. The van der Waals surface area contributed by atoms with Crippen LogP contribution in [0.25, 0.3) is 0 Å². The molecule has 2 amide bonds. The van der Waals surface area contributed by atoms with Crippen LogP contribution in [-0.4, -0.2) is 43.4 Å². The van der Waals surface area contributed by atoms with E-state index in [0.717, 1.165) is 6.42 Å². The Bertz CT molecular complexity index is 227. The minimum atomic E-state index is -0.126. The van der Waals surface area contributed by atoms with Crippen LogP contribution in [0, 0.1) is 5.92 Å². The van der Waals surface area contributed by atoms with E-state index in [4.69, 9.17) is 5.73 Å². The summed E-state index contributed by atoms with van der Waals surface area (Å²) in [6.45, 7) is 5.07. The summed E-state index contributed by atoms with van der Waals surface area (Å²) >= 11 is 0. The van der Waals surface area contributed by atoms with Crippen LogP contribution in [0.4, 0.5) is 0 Å². The van der Waals surface area contributed by atoms with Crippen molar-refractivity contribution in [1.29, 1.82) is 0 Å². The minimum Gasteiger partial charge on any atom is -0.355 e. The molecule has 0 rings (SSSR count). The molecule has 94 valence electrons. The maximum atomic E-state index is 11.7. The number of nitrogens with zero attached hydrogens (tertiary/aromatic N) is 1. The van der Waals surface area contributed by atoms with E-state index >= 15 is 0 Å². The topological polar surface area (TPSA) is 75.4 Å². The minimum absolute atomic E-state index is 0.0245. The lowest BCUT2D eigenvalue weighted by Crippen LogP contribution is -2.39. The summed E-state index contributed by atoms with van der Waals surface area (Å²) in [4.78, 5) is 24.4. The third-order valence-corrected chi connectivity index (χ3v) is 2.55. The van der Waals surface area contributed by atoms with Crippen LogP contribution in [0.1, 0.15) is 26.7 Å². The van der Waals surface area contributed by atoms with Crippen molar-refractivity contribution >= 4 is 11.8 Å².